The zero-order valence-corrected chi connectivity index (χ0v) is 9.22. The predicted molar refractivity (Wildman–Crippen MR) is 65.3 cm³/mol. The normalized spacial score (nSPS) is 11.1. The van der Waals surface area contributed by atoms with E-state index in [1.54, 1.807) is 12.4 Å². The highest BCUT2D eigenvalue weighted by atomic mass is 15.0. The molecular weight excluding hydrogens is 200 g/mol. The fourth-order valence-corrected chi connectivity index (χ4v) is 1.40. The van der Waals surface area contributed by atoms with E-state index in [9.17, 15) is 0 Å². The average molecular weight is 214 g/mol. The van der Waals surface area contributed by atoms with Crippen LogP contribution in [0.2, 0.25) is 0 Å². The molecule has 4 nitrogen and oxygen atoms in total. The fourth-order valence-electron chi connectivity index (χ4n) is 1.40. The Hall–Kier alpha value is -1.97. The molecule has 0 aliphatic heterocycles. The number of allylic oxidation sites excluding steroid dienone is 1. The Kier molecular flexibility index (Phi) is 3.43. The van der Waals surface area contributed by atoms with Crippen LogP contribution in [-0.4, -0.2) is 21.5 Å². The minimum Gasteiger partial charge on any atom is -0.370 e. The molecule has 0 atom stereocenters. The first-order chi connectivity index (χ1) is 7.90. The summed E-state index contributed by atoms with van der Waals surface area (Å²) >= 11 is 0. The van der Waals surface area contributed by atoms with Gasteiger partial charge in [-0.2, -0.15) is 0 Å². The molecule has 0 aliphatic carbocycles. The summed E-state index contributed by atoms with van der Waals surface area (Å²) in [6, 6.07) is 3.85. The SMILES string of the molecule is C/C=C/CCNc1ccc2nccnc2n1. The third-order valence-corrected chi connectivity index (χ3v) is 2.18. The van der Waals surface area contributed by atoms with Crippen molar-refractivity contribution < 1.29 is 0 Å². The first-order valence-electron chi connectivity index (χ1n) is 5.33. The van der Waals surface area contributed by atoms with Crippen molar-refractivity contribution in [1.29, 1.82) is 0 Å². The number of aromatic nitrogens is 3. The third-order valence-electron chi connectivity index (χ3n) is 2.18. The summed E-state index contributed by atoms with van der Waals surface area (Å²) in [5.74, 6) is 0.845. The molecule has 2 rings (SSSR count). The minimum absolute atomic E-state index is 0.679. The Morgan fingerprint density at radius 2 is 2.12 bits per heavy atom. The van der Waals surface area contributed by atoms with Crippen molar-refractivity contribution in [2.24, 2.45) is 0 Å². The lowest BCUT2D eigenvalue weighted by atomic mass is 10.3. The summed E-state index contributed by atoms with van der Waals surface area (Å²) < 4.78 is 0. The molecule has 0 saturated carbocycles. The molecule has 0 bridgehead atoms. The maximum atomic E-state index is 4.36. The van der Waals surface area contributed by atoms with Crippen molar-refractivity contribution >= 4 is 17.0 Å². The van der Waals surface area contributed by atoms with Gasteiger partial charge in [0, 0.05) is 18.9 Å². The van der Waals surface area contributed by atoms with Gasteiger partial charge in [-0.05, 0) is 25.5 Å². The van der Waals surface area contributed by atoms with Gasteiger partial charge in [-0.25, -0.2) is 9.97 Å². The average Bonchev–Trinajstić information content (AvgIpc) is 2.34. The summed E-state index contributed by atoms with van der Waals surface area (Å²) in [5, 5.41) is 3.24. The van der Waals surface area contributed by atoms with E-state index in [1.807, 2.05) is 25.1 Å². The molecule has 0 spiro atoms. The van der Waals surface area contributed by atoms with Crippen LogP contribution in [0.3, 0.4) is 0 Å². The largest absolute Gasteiger partial charge is 0.370 e. The molecule has 2 heterocycles. The van der Waals surface area contributed by atoms with Gasteiger partial charge in [-0.3, -0.25) is 4.98 Å². The Labute approximate surface area is 94.5 Å². The van der Waals surface area contributed by atoms with Gasteiger partial charge in [0.1, 0.15) is 11.3 Å². The van der Waals surface area contributed by atoms with Gasteiger partial charge < -0.3 is 5.32 Å². The second kappa shape index (κ2) is 5.21. The van der Waals surface area contributed by atoms with Crippen molar-refractivity contribution in [2.75, 3.05) is 11.9 Å². The second-order valence-electron chi connectivity index (χ2n) is 3.38. The fraction of sp³-hybridized carbons (Fsp3) is 0.250. The number of hydrogen-bond donors (Lipinski definition) is 1. The van der Waals surface area contributed by atoms with E-state index in [0.717, 1.165) is 24.3 Å². The van der Waals surface area contributed by atoms with Gasteiger partial charge in [0.15, 0.2) is 5.65 Å². The lowest BCUT2D eigenvalue weighted by Gasteiger charge is -2.03. The molecule has 2 aromatic heterocycles. The van der Waals surface area contributed by atoms with Crippen LogP contribution in [0, 0.1) is 0 Å². The molecule has 2 aromatic rings. The van der Waals surface area contributed by atoms with Crippen LogP contribution < -0.4 is 5.32 Å². The summed E-state index contributed by atoms with van der Waals surface area (Å²) in [6.45, 7) is 2.90. The number of nitrogens with one attached hydrogen (secondary N) is 1. The van der Waals surface area contributed by atoms with Crippen molar-refractivity contribution in [3.8, 4) is 0 Å². The van der Waals surface area contributed by atoms with Crippen LogP contribution in [0.1, 0.15) is 13.3 Å². The zero-order chi connectivity index (χ0) is 11.2. The molecule has 0 amide bonds. The van der Waals surface area contributed by atoms with E-state index in [-0.39, 0.29) is 0 Å². The quantitative estimate of drug-likeness (QED) is 0.627. The summed E-state index contributed by atoms with van der Waals surface area (Å²) in [5.41, 5.74) is 1.50. The molecule has 0 unspecified atom stereocenters. The predicted octanol–water partition coefficient (Wildman–Crippen LogP) is 2.40. The smallest absolute Gasteiger partial charge is 0.180 e. The molecule has 0 aromatic carbocycles. The highest BCUT2D eigenvalue weighted by Crippen LogP contribution is 2.09. The zero-order valence-electron chi connectivity index (χ0n) is 9.22. The third kappa shape index (κ3) is 2.53. The van der Waals surface area contributed by atoms with Gasteiger partial charge in [0.25, 0.3) is 0 Å². The van der Waals surface area contributed by atoms with Crippen molar-refractivity contribution in [1.82, 2.24) is 15.0 Å². The van der Waals surface area contributed by atoms with Gasteiger partial charge in [0.05, 0.1) is 0 Å². The Morgan fingerprint density at radius 3 is 3.00 bits per heavy atom. The molecular formula is C12H14N4. The van der Waals surface area contributed by atoms with Gasteiger partial charge in [-0.15, -0.1) is 0 Å². The van der Waals surface area contributed by atoms with E-state index in [1.165, 1.54) is 0 Å². The van der Waals surface area contributed by atoms with Crippen LogP contribution in [-0.2, 0) is 0 Å². The summed E-state index contributed by atoms with van der Waals surface area (Å²) in [4.78, 5) is 12.7. The molecule has 82 valence electrons. The van der Waals surface area contributed by atoms with E-state index in [4.69, 9.17) is 0 Å². The van der Waals surface area contributed by atoms with E-state index in [2.05, 4.69) is 26.3 Å². The lowest BCUT2D eigenvalue weighted by Crippen LogP contribution is -2.02. The number of hydrogen-bond acceptors (Lipinski definition) is 4. The molecule has 0 radical (unpaired) electrons. The van der Waals surface area contributed by atoms with Crippen LogP contribution in [0.5, 0.6) is 0 Å². The van der Waals surface area contributed by atoms with Gasteiger partial charge in [-0.1, -0.05) is 12.2 Å². The first-order valence-corrected chi connectivity index (χ1v) is 5.33. The van der Waals surface area contributed by atoms with E-state index in [0.29, 0.717) is 5.65 Å². The number of nitrogens with zero attached hydrogens (tertiary/aromatic N) is 3. The highest BCUT2D eigenvalue weighted by molar-refractivity contribution is 5.71. The van der Waals surface area contributed by atoms with Crippen LogP contribution in [0.25, 0.3) is 11.2 Å². The topological polar surface area (TPSA) is 50.7 Å². The lowest BCUT2D eigenvalue weighted by molar-refractivity contribution is 1.05. The first kappa shape index (κ1) is 10.5. The van der Waals surface area contributed by atoms with E-state index < -0.39 is 0 Å². The van der Waals surface area contributed by atoms with Crippen molar-refractivity contribution in [2.45, 2.75) is 13.3 Å². The number of pyridine rings is 1. The number of anilines is 1. The molecule has 0 aliphatic rings. The molecule has 0 fully saturated rings. The molecule has 1 N–H and O–H groups in total. The Balaban J connectivity index is 2.07. The van der Waals surface area contributed by atoms with Crippen LogP contribution in [0.4, 0.5) is 5.82 Å². The van der Waals surface area contributed by atoms with Gasteiger partial charge in [0.2, 0.25) is 0 Å². The summed E-state index contributed by atoms with van der Waals surface area (Å²) in [7, 11) is 0. The monoisotopic (exact) mass is 214 g/mol. The second-order valence-corrected chi connectivity index (χ2v) is 3.38. The van der Waals surface area contributed by atoms with Crippen LogP contribution in [0.15, 0.2) is 36.7 Å². The van der Waals surface area contributed by atoms with E-state index >= 15 is 0 Å². The summed E-state index contributed by atoms with van der Waals surface area (Å²) in [6.07, 6.45) is 8.48. The van der Waals surface area contributed by atoms with Gasteiger partial charge >= 0.3 is 0 Å². The Bertz CT molecular complexity index is 493. The van der Waals surface area contributed by atoms with Crippen molar-refractivity contribution in [3.05, 3.63) is 36.7 Å². The maximum absolute atomic E-state index is 4.36. The standard InChI is InChI=1S/C12H14N4/c1-2-3-4-7-14-11-6-5-10-12(16-11)15-9-8-13-10/h2-3,5-6,8-9H,4,7H2,1H3,(H,14,15,16)/b3-2+. The Morgan fingerprint density at radius 1 is 1.25 bits per heavy atom. The number of fused-ring (bicyclic) bond motifs is 1. The maximum Gasteiger partial charge on any atom is 0.180 e. The highest BCUT2D eigenvalue weighted by Gasteiger charge is 1.98. The minimum atomic E-state index is 0.679. The molecule has 16 heavy (non-hydrogen) atoms. The molecule has 0 saturated heterocycles. The molecule has 4 heteroatoms. The van der Waals surface area contributed by atoms with Crippen LogP contribution >= 0.6 is 0 Å². The number of rotatable bonds is 4. The van der Waals surface area contributed by atoms with Crippen molar-refractivity contribution in [3.63, 3.8) is 0 Å².